The summed E-state index contributed by atoms with van der Waals surface area (Å²) >= 11 is 1.54. The van der Waals surface area contributed by atoms with Crippen molar-refractivity contribution in [2.75, 3.05) is 13.2 Å². The molecule has 6 heteroatoms. The van der Waals surface area contributed by atoms with Crippen molar-refractivity contribution < 1.29 is 14.3 Å². The van der Waals surface area contributed by atoms with E-state index in [0.29, 0.717) is 13.2 Å². The van der Waals surface area contributed by atoms with Gasteiger partial charge in [0.1, 0.15) is 5.75 Å². The van der Waals surface area contributed by atoms with Gasteiger partial charge in [-0.2, -0.15) is 0 Å². The van der Waals surface area contributed by atoms with Crippen LogP contribution in [0.2, 0.25) is 0 Å². The third-order valence-corrected chi connectivity index (χ3v) is 5.18. The maximum absolute atomic E-state index is 12.3. The Morgan fingerprint density at radius 2 is 2.12 bits per heavy atom. The number of benzene rings is 1. The van der Waals surface area contributed by atoms with Gasteiger partial charge in [-0.05, 0) is 29.5 Å². The highest BCUT2D eigenvalue weighted by molar-refractivity contribution is 7.10. The lowest BCUT2D eigenvalue weighted by molar-refractivity contribution is -0.122. The number of carbonyl (C=O) groups excluding carboxylic acids is 2. The van der Waals surface area contributed by atoms with Crippen LogP contribution in [0.15, 0.2) is 41.8 Å². The van der Waals surface area contributed by atoms with E-state index in [4.69, 9.17) is 4.74 Å². The van der Waals surface area contributed by atoms with Gasteiger partial charge in [0, 0.05) is 24.3 Å². The molecule has 0 radical (unpaired) electrons. The summed E-state index contributed by atoms with van der Waals surface area (Å²) in [6.07, 6.45) is 1.14. The average Bonchev–Trinajstić information content (AvgIpc) is 3.13. The van der Waals surface area contributed by atoms with Crippen molar-refractivity contribution in [2.24, 2.45) is 5.92 Å². The fraction of sp³-hybridized carbons (Fsp3) is 0.368. The number of nitrogens with one attached hydrogen (secondary N) is 2. The highest BCUT2D eigenvalue weighted by Crippen LogP contribution is 2.26. The van der Waals surface area contributed by atoms with Crippen LogP contribution in [0.1, 0.15) is 29.8 Å². The van der Waals surface area contributed by atoms with Gasteiger partial charge in [0.05, 0.1) is 19.1 Å². The monoisotopic (exact) mass is 358 g/mol. The summed E-state index contributed by atoms with van der Waals surface area (Å²) in [4.78, 5) is 24.7. The zero-order chi connectivity index (χ0) is 17.6. The number of hydrogen-bond acceptors (Lipinski definition) is 4. The summed E-state index contributed by atoms with van der Waals surface area (Å²) in [6, 6.07) is 11.6. The van der Waals surface area contributed by atoms with Gasteiger partial charge in [0.25, 0.3) is 0 Å². The van der Waals surface area contributed by atoms with E-state index in [1.165, 1.54) is 23.8 Å². The number of fused-ring (bicyclic) bond motifs is 1. The first-order valence-corrected chi connectivity index (χ1v) is 9.27. The second-order valence-electron chi connectivity index (χ2n) is 6.27. The van der Waals surface area contributed by atoms with Crippen LogP contribution in [0.3, 0.4) is 0 Å². The molecule has 2 N–H and O–H groups in total. The van der Waals surface area contributed by atoms with Gasteiger partial charge < -0.3 is 15.4 Å². The predicted octanol–water partition coefficient (Wildman–Crippen LogP) is 2.68. The number of amides is 2. The Bertz CT molecular complexity index is 730. The van der Waals surface area contributed by atoms with Gasteiger partial charge in [0.2, 0.25) is 11.8 Å². The molecule has 2 heterocycles. The number of rotatable bonds is 6. The molecular formula is C19H22N2O3S. The Kier molecular flexibility index (Phi) is 5.71. The third-order valence-electron chi connectivity index (χ3n) is 4.20. The fourth-order valence-electron chi connectivity index (χ4n) is 3.00. The zero-order valence-corrected chi connectivity index (χ0v) is 15.0. The first-order chi connectivity index (χ1) is 12.1. The summed E-state index contributed by atoms with van der Waals surface area (Å²) in [5.41, 5.74) is 1.18. The van der Waals surface area contributed by atoms with Gasteiger partial charge in [-0.1, -0.05) is 24.3 Å². The highest BCUT2D eigenvalue weighted by atomic mass is 32.1. The van der Waals surface area contributed by atoms with Gasteiger partial charge in [-0.25, -0.2) is 0 Å². The molecule has 1 aliphatic rings. The summed E-state index contributed by atoms with van der Waals surface area (Å²) in [5.74, 6) is 1.00. The van der Waals surface area contributed by atoms with E-state index in [1.54, 1.807) is 0 Å². The quantitative estimate of drug-likeness (QED) is 0.834. The molecule has 2 unspecified atom stereocenters. The van der Waals surface area contributed by atoms with E-state index >= 15 is 0 Å². The van der Waals surface area contributed by atoms with Gasteiger partial charge in [-0.15, -0.1) is 11.3 Å². The van der Waals surface area contributed by atoms with Gasteiger partial charge in [0.15, 0.2) is 0 Å². The van der Waals surface area contributed by atoms with E-state index in [-0.39, 0.29) is 30.2 Å². The zero-order valence-electron chi connectivity index (χ0n) is 14.2. The van der Waals surface area contributed by atoms with Crippen molar-refractivity contribution >= 4 is 23.2 Å². The lowest BCUT2D eigenvalue weighted by Crippen LogP contribution is -2.37. The Labute approximate surface area is 151 Å². The summed E-state index contributed by atoms with van der Waals surface area (Å²) in [7, 11) is 0. The minimum atomic E-state index is -0.277. The topological polar surface area (TPSA) is 67.4 Å². The first kappa shape index (κ1) is 17.5. The molecule has 0 spiro atoms. The molecule has 1 aliphatic heterocycles. The van der Waals surface area contributed by atoms with Gasteiger partial charge in [-0.3, -0.25) is 9.59 Å². The van der Waals surface area contributed by atoms with E-state index in [2.05, 4.69) is 16.7 Å². The normalized spacial score (nSPS) is 17.1. The van der Waals surface area contributed by atoms with Crippen molar-refractivity contribution in [2.45, 2.75) is 25.8 Å². The van der Waals surface area contributed by atoms with E-state index in [9.17, 15) is 9.59 Å². The summed E-state index contributed by atoms with van der Waals surface area (Å²) in [6.45, 7) is 2.65. The molecule has 132 valence electrons. The third kappa shape index (κ3) is 4.82. The predicted molar refractivity (Wildman–Crippen MR) is 97.6 cm³/mol. The van der Waals surface area contributed by atoms with Crippen molar-refractivity contribution in [1.29, 1.82) is 0 Å². The van der Waals surface area contributed by atoms with Crippen LogP contribution < -0.4 is 15.4 Å². The van der Waals surface area contributed by atoms with Crippen LogP contribution in [-0.2, 0) is 16.0 Å². The molecular weight excluding hydrogens is 336 g/mol. The lowest BCUT2D eigenvalue weighted by Gasteiger charge is -2.25. The van der Waals surface area contributed by atoms with E-state index in [0.717, 1.165) is 17.0 Å². The lowest BCUT2D eigenvalue weighted by atomic mass is 9.96. The molecule has 1 aromatic carbocycles. The van der Waals surface area contributed by atoms with Crippen LogP contribution in [0.25, 0.3) is 0 Å². The van der Waals surface area contributed by atoms with Crippen LogP contribution in [0, 0.1) is 5.92 Å². The maximum atomic E-state index is 12.3. The molecule has 2 amide bonds. The van der Waals surface area contributed by atoms with Crippen molar-refractivity contribution in [1.82, 2.24) is 10.6 Å². The second-order valence-corrected chi connectivity index (χ2v) is 7.24. The fourth-order valence-corrected chi connectivity index (χ4v) is 3.77. The smallest absolute Gasteiger partial charge is 0.222 e. The molecule has 0 bridgehead atoms. The van der Waals surface area contributed by atoms with Crippen molar-refractivity contribution in [3.8, 4) is 5.75 Å². The van der Waals surface area contributed by atoms with E-state index < -0.39 is 0 Å². The Morgan fingerprint density at radius 3 is 2.88 bits per heavy atom. The summed E-state index contributed by atoms with van der Waals surface area (Å²) < 4.78 is 5.75. The van der Waals surface area contributed by atoms with Crippen LogP contribution in [0.5, 0.6) is 5.75 Å². The molecule has 0 aliphatic carbocycles. The largest absolute Gasteiger partial charge is 0.493 e. The molecule has 0 saturated carbocycles. The molecule has 2 aromatic rings. The number of carbonyl (C=O) groups is 2. The van der Waals surface area contributed by atoms with Crippen LogP contribution in [-0.4, -0.2) is 25.0 Å². The van der Waals surface area contributed by atoms with Crippen LogP contribution in [0.4, 0.5) is 0 Å². The molecule has 0 saturated heterocycles. The van der Waals surface area contributed by atoms with Crippen molar-refractivity contribution in [3.05, 3.63) is 52.2 Å². The van der Waals surface area contributed by atoms with Crippen molar-refractivity contribution in [3.63, 3.8) is 0 Å². The molecule has 5 nitrogen and oxygen atoms in total. The number of hydrogen-bond donors (Lipinski definition) is 2. The highest BCUT2D eigenvalue weighted by Gasteiger charge is 2.22. The number of thiophene rings is 1. The second kappa shape index (κ2) is 8.16. The molecule has 1 aromatic heterocycles. The molecule has 25 heavy (non-hydrogen) atoms. The Hall–Kier alpha value is -2.34. The van der Waals surface area contributed by atoms with E-state index in [1.807, 2.05) is 35.7 Å². The minimum absolute atomic E-state index is 0.0639. The van der Waals surface area contributed by atoms with Crippen LogP contribution >= 0.6 is 11.3 Å². The van der Waals surface area contributed by atoms with Gasteiger partial charge >= 0.3 is 0 Å². The first-order valence-electron chi connectivity index (χ1n) is 8.39. The number of ether oxygens (including phenoxy) is 1. The standard InChI is InChI=1S/C19H22N2O3S/c1-13(22)21-16(18-7-4-8-25-18)10-19(23)20-11-14-9-15-5-2-3-6-17(15)24-12-14/h2-8,14,16H,9-12H2,1H3,(H,20,23)(H,21,22). The molecule has 3 rings (SSSR count). The minimum Gasteiger partial charge on any atom is -0.493 e. The Balaban J connectivity index is 1.51. The Morgan fingerprint density at radius 1 is 1.28 bits per heavy atom. The summed E-state index contributed by atoms with van der Waals surface area (Å²) in [5, 5.41) is 7.78. The average molecular weight is 358 g/mol. The molecule has 0 fully saturated rings. The maximum Gasteiger partial charge on any atom is 0.222 e. The molecule has 2 atom stereocenters. The number of para-hydroxylation sites is 1. The SMILES string of the molecule is CC(=O)NC(CC(=O)NCC1COc2ccccc2C1)c1cccs1.